The fraction of sp³-hybridized carbons (Fsp3) is 0.308. The second kappa shape index (κ2) is 11.9. The van der Waals surface area contributed by atoms with Crippen LogP contribution in [0.5, 0.6) is 0 Å². The van der Waals surface area contributed by atoms with Gasteiger partial charge in [-0.3, -0.25) is 9.59 Å². The van der Waals surface area contributed by atoms with E-state index in [1.54, 1.807) is 35.2 Å². The Bertz CT molecular complexity index is 1110. The maximum atomic E-state index is 13.3. The zero-order chi connectivity index (χ0) is 24.5. The molecule has 1 heterocycles. The Labute approximate surface area is 201 Å². The maximum Gasteiger partial charge on any atom is 0.274 e. The molecule has 0 atom stereocenters. The predicted octanol–water partition coefficient (Wildman–Crippen LogP) is 3.85. The summed E-state index contributed by atoms with van der Waals surface area (Å²) in [4.78, 5) is 39.1. The number of carbonyl (C=O) groups is 2. The van der Waals surface area contributed by atoms with Crippen molar-refractivity contribution in [3.8, 4) is 11.4 Å². The molecule has 0 saturated heterocycles. The number of nitrogens with zero attached hydrogens (tertiary/aromatic N) is 4. The molecule has 34 heavy (non-hydrogen) atoms. The summed E-state index contributed by atoms with van der Waals surface area (Å²) in [5.41, 5.74) is 1.92. The van der Waals surface area contributed by atoms with Gasteiger partial charge in [0.25, 0.3) is 11.8 Å². The van der Waals surface area contributed by atoms with E-state index in [9.17, 15) is 9.59 Å². The van der Waals surface area contributed by atoms with Crippen LogP contribution >= 0.6 is 0 Å². The van der Waals surface area contributed by atoms with Crippen molar-refractivity contribution in [2.24, 2.45) is 0 Å². The average molecular weight is 461 g/mol. The first-order chi connectivity index (χ1) is 16.4. The van der Waals surface area contributed by atoms with E-state index in [0.717, 1.165) is 12.1 Å². The number of nitrogens with one attached hydrogen (secondary N) is 2. The fourth-order valence-electron chi connectivity index (χ4n) is 3.42. The Kier molecular flexibility index (Phi) is 8.70. The first-order valence-electron chi connectivity index (χ1n) is 11.5. The summed E-state index contributed by atoms with van der Waals surface area (Å²) in [5.74, 6) is 0.483. The number of likely N-dealkylation sites (N-methyl/N-ethyl adjacent to an activating group) is 1. The molecular weight excluding hydrogens is 428 g/mol. The van der Waals surface area contributed by atoms with Crippen LogP contribution in [0.3, 0.4) is 0 Å². The van der Waals surface area contributed by atoms with E-state index in [2.05, 4.69) is 25.5 Å². The lowest BCUT2D eigenvalue weighted by molar-refractivity contribution is 0.0774. The van der Waals surface area contributed by atoms with Crippen LogP contribution in [0.15, 0.2) is 60.7 Å². The Morgan fingerprint density at radius 3 is 2.26 bits per heavy atom. The maximum absolute atomic E-state index is 13.3. The molecule has 0 bridgehead atoms. The molecule has 8 nitrogen and oxygen atoms in total. The average Bonchev–Trinajstić information content (AvgIpc) is 2.85. The van der Waals surface area contributed by atoms with Crippen molar-refractivity contribution in [3.63, 3.8) is 0 Å². The minimum Gasteiger partial charge on any atom is -0.369 e. The molecule has 0 unspecified atom stereocenters. The largest absolute Gasteiger partial charge is 0.369 e. The number of aromatic nitrogens is 2. The van der Waals surface area contributed by atoms with Gasteiger partial charge in [0, 0.05) is 37.8 Å². The highest BCUT2D eigenvalue weighted by atomic mass is 16.2. The standard InChI is InChI=1S/C26H32N6O2/c1-5-32(6-2)26(34)20-14-10-11-15-21(20)29-25(33)22-18-23(27-16-17-31(3)4)30-24(28-22)19-12-8-7-9-13-19/h7-15,18H,5-6,16-17H2,1-4H3,(H,29,33)(H,27,28,30). The molecule has 3 aromatic rings. The molecule has 0 fully saturated rings. The molecule has 0 spiro atoms. The Morgan fingerprint density at radius 2 is 1.59 bits per heavy atom. The van der Waals surface area contributed by atoms with Gasteiger partial charge >= 0.3 is 0 Å². The van der Waals surface area contributed by atoms with Crippen LogP contribution in [0.4, 0.5) is 11.5 Å². The quantitative estimate of drug-likeness (QED) is 0.478. The number of benzene rings is 2. The number of anilines is 2. The van der Waals surface area contributed by atoms with Gasteiger partial charge in [-0.2, -0.15) is 0 Å². The molecule has 2 aromatic carbocycles. The summed E-state index contributed by atoms with van der Waals surface area (Å²) in [7, 11) is 3.99. The minimum atomic E-state index is -0.407. The second-order valence-electron chi connectivity index (χ2n) is 8.04. The van der Waals surface area contributed by atoms with Crippen LogP contribution in [-0.4, -0.2) is 71.9 Å². The predicted molar refractivity (Wildman–Crippen MR) is 136 cm³/mol. The Hall–Kier alpha value is -3.78. The third-order valence-electron chi connectivity index (χ3n) is 5.31. The summed E-state index contributed by atoms with van der Waals surface area (Å²) in [5, 5.41) is 6.15. The van der Waals surface area contributed by atoms with Gasteiger partial charge in [0.15, 0.2) is 5.82 Å². The molecule has 2 N–H and O–H groups in total. The lowest BCUT2D eigenvalue weighted by Crippen LogP contribution is -2.31. The lowest BCUT2D eigenvalue weighted by atomic mass is 10.1. The number of hydrogen-bond acceptors (Lipinski definition) is 6. The van der Waals surface area contributed by atoms with Gasteiger partial charge in [0.2, 0.25) is 0 Å². The SMILES string of the molecule is CCN(CC)C(=O)c1ccccc1NC(=O)c1cc(NCCN(C)C)nc(-c2ccccc2)n1. The van der Waals surface area contributed by atoms with Gasteiger partial charge < -0.3 is 20.4 Å². The van der Waals surface area contributed by atoms with E-state index >= 15 is 0 Å². The smallest absolute Gasteiger partial charge is 0.274 e. The van der Waals surface area contributed by atoms with Crippen LogP contribution in [0.25, 0.3) is 11.4 Å². The highest BCUT2D eigenvalue weighted by Crippen LogP contribution is 2.21. The minimum absolute atomic E-state index is 0.125. The molecule has 1 aromatic heterocycles. The molecule has 0 saturated carbocycles. The third-order valence-corrected chi connectivity index (χ3v) is 5.31. The normalized spacial score (nSPS) is 10.7. The Morgan fingerprint density at radius 1 is 0.912 bits per heavy atom. The van der Waals surface area contributed by atoms with Crippen LogP contribution in [0.1, 0.15) is 34.7 Å². The van der Waals surface area contributed by atoms with E-state index in [-0.39, 0.29) is 11.6 Å². The van der Waals surface area contributed by atoms with Gasteiger partial charge in [-0.05, 0) is 40.1 Å². The molecule has 0 radical (unpaired) electrons. The lowest BCUT2D eigenvalue weighted by Gasteiger charge is -2.20. The van der Waals surface area contributed by atoms with Gasteiger partial charge in [0.05, 0.1) is 11.3 Å². The number of carbonyl (C=O) groups excluding carboxylic acids is 2. The van der Waals surface area contributed by atoms with Crippen molar-refractivity contribution < 1.29 is 9.59 Å². The van der Waals surface area contributed by atoms with Crippen LogP contribution in [0.2, 0.25) is 0 Å². The summed E-state index contributed by atoms with van der Waals surface area (Å²) in [6, 6.07) is 18.2. The fourth-order valence-corrected chi connectivity index (χ4v) is 3.42. The Balaban J connectivity index is 1.92. The summed E-state index contributed by atoms with van der Waals surface area (Å²) >= 11 is 0. The summed E-state index contributed by atoms with van der Waals surface area (Å²) < 4.78 is 0. The highest BCUT2D eigenvalue weighted by molar-refractivity contribution is 6.08. The summed E-state index contributed by atoms with van der Waals surface area (Å²) in [6.45, 7) is 6.52. The van der Waals surface area contributed by atoms with Crippen LogP contribution in [-0.2, 0) is 0 Å². The third kappa shape index (κ3) is 6.39. The molecule has 8 heteroatoms. The second-order valence-corrected chi connectivity index (χ2v) is 8.04. The molecule has 2 amide bonds. The monoisotopic (exact) mass is 460 g/mol. The van der Waals surface area contributed by atoms with Crippen molar-refractivity contribution in [2.75, 3.05) is 50.9 Å². The van der Waals surface area contributed by atoms with Gasteiger partial charge in [0.1, 0.15) is 11.5 Å². The van der Waals surface area contributed by atoms with Crippen molar-refractivity contribution in [2.45, 2.75) is 13.8 Å². The van der Waals surface area contributed by atoms with Crippen molar-refractivity contribution in [1.82, 2.24) is 19.8 Å². The van der Waals surface area contributed by atoms with Crippen LogP contribution in [0, 0.1) is 0 Å². The zero-order valence-electron chi connectivity index (χ0n) is 20.2. The van der Waals surface area contributed by atoms with Gasteiger partial charge in [-0.15, -0.1) is 0 Å². The molecular formula is C26H32N6O2. The van der Waals surface area contributed by atoms with E-state index in [0.29, 0.717) is 42.5 Å². The molecule has 0 aliphatic rings. The first kappa shape index (κ1) is 24.9. The molecule has 0 aliphatic heterocycles. The van der Waals surface area contributed by atoms with Gasteiger partial charge in [-0.1, -0.05) is 42.5 Å². The number of amides is 2. The number of rotatable bonds is 10. The molecule has 0 aliphatic carbocycles. The first-order valence-corrected chi connectivity index (χ1v) is 11.5. The van der Waals surface area contributed by atoms with Crippen molar-refractivity contribution in [3.05, 3.63) is 71.9 Å². The van der Waals surface area contributed by atoms with Crippen LogP contribution < -0.4 is 10.6 Å². The molecule has 3 rings (SSSR count). The van der Waals surface area contributed by atoms with Crippen molar-refractivity contribution in [1.29, 1.82) is 0 Å². The van der Waals surface area contributed by atoms with E-state index in [1.165, 1.54) is 0 Å². The summed E-state index contributed by atoms with van der Waals surface area (Å²) in [6.07, 6.45) is 0. The van der Waals surface area contributed by atoms with E-state index in [4.69, 9.17) is 0 Å². The zero-order valence-corrected chi connectivity index (χ0v) is 20.2. The van der Waals surface area contributed by atoms with Crippen molar-refractivity contribution >= 4 is 23.3 Å². The van der Waals surface area contributed by atoms with E-state index < -0.39 is 5.91 Å². The topological polar surface area (TPSA) is 90.5 Å². The highest BCUT2D eigenvalue weighted by Gasteiger charge is 2.19. The number of hydrogen-bond donors (Lipinski definition) is 2. The van der Waals surface area contributed by atoms with E-state index in [1.807, 2.05) is 58.3 Å². The molecule has 178 valence electrons. The number of para-hydroxylation sites is 1. The van der Waals surface area contributed by atoms with Gasteiger partial charge in [-0.25, -0.2) is 9.97 Å².